The largest absolute Gasteiger partial charge is 0.491 e. The Labute approximate surface area is 90.0 Å². The molecule has 0 heterocycles. The van der Waals surface area contributed by atoms with Crippen LogP contribution in [0.5, 0.6) is 5.75 Å². The number of hydrogen-bond acceptors (Lipinski definition) is 2. The highest BCUT2D eigenvalue weighted by molar-refractivity contribution is 5.36. The number of halogens is 1. The zero-order chi connectivity index (χ0) is 11.3. The molecule has 0 bridgehead atoms. The Balaban J connectivity index is 2.77. The highest BCUT2D eigenvalue weighted by Crippen LogP contribution is 2.26. The molecule has 3 heteroatoms. The number of hydrogen-bond donors (Lipinski definition) is 0. The van der Waals surface area contributed by atoms with Crippen molar-refractivity contribution in [2.75, 3.05) is 20.3 Å². The monoisotopic (exact) mass is 212 g/mol. The predicted molar refractivity (Wildman–Crippen MR) is 57.9 cm³/mol. The molecule has 0 aliphatic rings. The molecule has 0 saturated carbocycles. The van der Waals surface area contributed by atoms with Crippen molar-refractivity contribution >= 4 is 0 Å². The van der Waals surface area contributed by atoms with Gasteiger partial charge in [0.25, 0.3) is 0 Å². The van der Waals surface area contributed by atoms with E-state index in [9.17, 15) is 4.39 Å². The molecule has 0 unspecified atom stereocenters. The summed E-state index contributed by atoms with van der Waals surface area (Å²) in [6, 6.07) is 4.60. The highest BCUT2D eigenvalue weighted by Gasteiger charge is 2.08. The Morgan fingerprint density at radius 3 is 2.60 bits per heavy atom. The summed E-state index contributed by atoms with van der Waals surface area (Å²) >= 11 is 0. The third kappa shape index (κ3) is 3.51. The molecule has 0 amide bonds. The summed E-state index contributed by atoms with van der Waals surface area (Å²) in [6.45, 7) is 5.05. The lowest BCUT2D eigenvalue weighted by Crippen LogP contribution is -2.06. The molecule has 0 aromatic heterocycles. The van der Waals surface area contributed by atoms with Gasteiger partial charge in [-0.15, -0.1) is 0 Å². The molecule has 0 aliphatic carbocycles. The summed E-state index contributed by atoms with van der Waals surface area (Å²) in [7, 11) is 1.62. The average molecular weight is 212 g/mol. The van der Waals surface area contributed by atoms with Crippen LogP contribution in [-0.4, -0.2) is 20.3 Å². The van der Waals surface area contributed by atoms with Gasteiger partial charge in [0.2, 0.25) is 0 Å². The van der Waals surface area contributed by atoms with Crippen molar-refractivity contribution < 1.29 is 13.9 Å². The van der Waals surface area contributed by atoms with Gasteiger partial charge in [0, 0.05) is 7.11 Å². The molecule has 1 aromatic rings. The van der Waals surface area contributed by atoms with Crippen molar-refractivity contribution in [1.29, 1.82) is 0 Å². The third-order valence-corrected chi connectivity index (χ3v) is 2.14. The van der Waals surface area contributed by atoms with Crippen LogP contribution in [0.15, 0.2) is 18.2 Å². The maximum atomic E-state index is 13.0. The predicted octanol–water partition coefficient (Wildman–Crippen LogP) is 2.97. The first kappa shape index (κ1) is 12.0. The number of benzene rings is 1. The summed E-state index contributed by atoms with van der Waals surface area (Å²) in [5.41, 5.74) is 0.895. The summed E-state index contributed by atoms with van der Waals surface area (Å²) in [5, 5.41) is 0. The zero-order valence-corrected chi connectivity index (χ0v) is 9.42. The van der Waals surface area contributed by atoms with Crippen LogP contribution in [0.2, 0.25) is 0 Å². The zero-order valence-electron chi connectivity index (χ0n) is 9.42. The second-order valence-corrected chi connectivity index (χ2v) is 3.68. The topological polar surface area (TPSA) is 18.5 Å². The molecule has 1 aromatic carbocycles. The van der Waals surface area contributed by atoms with Crippen molar-refractivity contribution in [2.45, 2.75) is 19.8 Å². The molecule has 0 saturated heterocycles. The van der Waals surface area contributed by atoms with Gasteiger partial charge in [-0.25, -0.2) is 4.39 Å². The molecule has 0 aliphatic heterocycles. The molecule has 1 rings (SSSR count). The van der Waals surface area contributed by atoms with Crippen LogP contribution in [-0.2, 0) is 4.74 Å². The first-order chi connectivity index (χ1) is 7.15. The fourth-order valence-corrected chi connectivity index (χ4v) is 1.34. The van der Waals surface area contributed by atoms with E-state index in [4.69, 9.17) is 9.47 Å². The summed E-state index contributed by atoms with van der Waals surface area (Å²) < 4.78 is 23.4. The minimum Gasteiger partial charge on any atom is -0.491 e. The van der Waals surface area contributed by atoms with E-state index in [1.165, 1.54) is 12.1 Å². The SMILES string of the molecule is COCCOc1ccc(F)cc1C(C)C. The molecule has 2 nitrogen and oxygen atoms in total. The second-order valence-electron chi connectivity index (χ2n) is 3.68. The van der Waals surface area contributed by atoms with Crippen LogP contribution in [0, 0.1) is 5.82 Å². The molecule has 15 heavy (non-hydrogen) atoms. The Hall–Kier alpha value is -1.09. The van der Waals surface area contributed by atoms with E-state index >= 15 is 0 Å². The van der Waals surface area contributed by atoms with Gasteiger partial charge in [0.05, 0.1) is 6.61 Å². The van der Waals surface area contributed by atoms with Gasteiger partial charge in [0.1, 0.15) is 18.2 Å². The molecule has 0 fully saturated rings. The van der Waals surface area contributed by atoms with E-state index in [2.05, 4.69) is 0 Å². The van der Waals surface area contributed by atoms with Crippen molar-refractivity contribution in [3.8, 4) is 5.75 Å². The van der Waals surface area contributed by atoms with Gasteiger partial charge >= 0.3 is 0 Å². The molecule has 0 N–H and O–H groups in total. The molecule has 84 valence electrons. The van der Waals surface area contributed by atoms with Crippen LogP contribution in [0.1, 0.15) is 25.3 Å². The maximum absolute atomic E-state index is 13.0. The highest BCUT2D eigenvalue weighted by atomic mass is 19.1. The normalized spacial score (nSPS) is 10.7. The van der Waals surface area contributed by atoms with E-state index in [-0.39, 0.29) is 11.7 Å². The second kappa shape index (κ2) is 5.71. The first-order valence-electron chi connectivity index (χ1n) is 5.06. The molecular weight excluding hydrogens is 195 g/mol. The first-order valence-corrected chi connectivity index (χ1v) is 5.06. The summed E-state index contributed by atoms with van der Waals surface area (Å²) in [4.78, 5) is 0. The lowest BCUT2D eigenvalue weighted by molar-refractivity contribution is 0.145. The average Bonchev–Trinajstić information content (AvgIpc) is 2.20. The number of ether oxygens (including phenoxy) is 2. The van der Waals surface area contributed by atoms with Gasteiger partial charge in [0.15, 0.2) is 0 Å². The van der Waals surface area contributed by atoms with Crippen LogP contribution >= 0.6 is 0 Å². The van der Waals surface area contributed by atoms with Gasteiger partial charge in [-0.1, -0.05) is 13.8 Å². The summed E-state index contributed by atoms with van der Waals surface area (Å²) in [5.74, 6) is 0.763. The quantitative estimate of drug-likeness (QED) is 0.698. The number of methoxy groups -OCH3 is 1. The molecule has 0 atom stereocenters. The Kier molecular flexibility index (Phi) is 4.56. The standard InChI is InChI=1S/C12H17FO2/c1-9(2)11-8-10(13)4-5-12(11)15-7-6-14-3/h4-5,8-9H,6-7H2,1-3H3. The van der Waals surface area contributed by atoms with Gasteiger partial charge in [-0.3, -0.25) is 0 Å². The van der Waals surface area contributed by atoms with E-state index in [1.807, 2.05) is 13.8 Å². The minimum absolute atomic E-state index is 0.224. The van der Waals surface area contributed by atoms with Gasteiger partial charge in [-0.2, -0.15) is 0 Å². The third-order valence-electron chi connectivity index (χ3n) is 2.14. The maximum Gasteiger partial charge on any atom is 0.123 e. The lowest BCUT2D eigenvalue weighted by Gasteiger charge is -2.13. The molecular formula is C12H17FO2. The van der Waals surface area contributed by atoms with E-state index in [1.54, 1.807) is 13.2 Å². The minimum atomic E-state index is -0.224. The van der Waals surface area contributed by atoms with Crippen molar-refractivity contribution in [3.63, 3.8) is 0 Å². The van der Waals surface area contributed by atoms with E-state index in [0.717, 1.165) is 11.3 Å². The fraction of sp³-hybridized carbons (Fsp3) is 0.500. The molecule has 0 radical (unpaired) electrons. The summed E-state index contributed by atoms with van der Waals surface area (Å²) in [6.07, 6.45) is 0. The Bertz CT molecular complexity index is 310. The van der Waals surface area contributed by atoms with Crippen LogP contribution < -0.4 is 4.74 Å². The fourth-order valence-electron chi connectivity index (χ4n) is 1.34. The van der Waals surface area contributed by atoms with E-state index < -0.39 is 0 Å². The van der Waals surface area contributed by atoms with Crippen molar-refractivity contribution in [1.82, 2.24) is 0 Å². The van der Waals surface area contributed by atoms with Crippen LogP contribution in [0.4, 0.5) is 4.39 Å². The van der Waals surface area contributed by atoms with Crippen molar-refractivity contribution in [3.05, 3.63) is 29.6 Å². The van der Waals surface area contributed by atoms with Crippen LogP contribution in [0.25, 0.3) is 0 Å². The Morgan fingerprint density at radius 1 is 1.27 bits per heavy atom. The smallest absolute Gasteiger partial charge is 0.123 e. The van der Waals surface area contributed by atoms with Crippen molar-refractivity contribution in [2.24, 2.45) is 0 Å². The van der Waals surface area contributed by atoms with Gasteiger partial charge < -0.3 is 9.47 Å². The lowest BCUT2D eigenvalue weighted by atomic mass is 10.0. The molecule has 0 spiro atoms. The number of rotatable bonds is 5. The van der Waals surface area contributed by atoms with Gasteiger partial charge in [-0.05, 0) is 29.7 Å². The van der Waals surface area contributed by atoms with Crippen LogP contribution in [0.3, 0.4) is 0 Å². The Morgan fingerprint density at radius 2 is 2.00 bits per heavy atom. The van der Waals surface area contributed by atoms with E-state index in [0.29, 0.717) is 13.2 Å².